The number of amides is 1. The second-order valence-electron chi connectivity index (χ2n) is 3.60. The Labute approximate surface area is 112 Å². The number of nitro benzene ring substituents is 1. The number of nitro groups is 1. The lowest BCUT2D eigenvalue weighted by atomic mass is 10.2. The molecular weight excluding hydrogens is 274 g/mol. The topological polar surface area (TPSA) is 98.3 Å². The van der Waals surface area contributed by atoms with Crippen LogP contribution in [0.25, 0.3) is 0 Å². The fourth-order valence-electron chi connectivity index (χ4n) is 1.40. The van der Waals surface area contributed by atoms with Gasteiger partial charge in [-0.25, -0.2) is 0 Å². The number of rotatable bonds is 4. The van der Waals surface area contributed by atoms with Gasteiger partial charge < -0.3 is 9.84 Å². The van der Waals surface area contributed by atoms with E-state index in [-0.39, 0.29) is 22.8 Å². The van der Waals surface area contributed by atoms with Crippen molar-refractivity contribution in [2.75, 3.05) is 0 Å². The Morgan fingerprint density at radius 3 is 2.89 bits per heavy atom. The quantitative estimate of drug-likeness (QED) is 0.684. The van der Waals surface area contributed by atoms with Gasteiger partial charge >= 0.3 is 0 Å². The van der Waals surface area contributed by atoms with Crippen LogP contribution >= 0.6 is 11.6 Å². The van der Waals surface area contributed by atoms with Crippen LogP contribution in [0, 0.1) is 10.1 Å². The van der Waals surface area contributed by atoms with Crippen LogP contribution in [0.1, 0.15) is 16.1 Å². The first-order valence-electron chi connectivity index (χ1n) is 5.19. The lowest BCUT2D eigenvalue weighted by Crippen LogP contribution is -2.23. The van der Waals surface area contributed by atoms with Gasteiger partial charge in [-0.2, -0.15) is 0 Å². The third-order valence-electron chi connectivity index (χ3n) is 2.33. The highest BCUT2D eigenvalue weighted by molar-refractivity contribution is 6.32. The molecule has 0 aliphatic rings. The average molecular weight is 282 g/mol. The molecule has 0 saturated heterocycles. The number of nitrogens with zero attached hydrogens (tertiary/aromatic N) is 2. The van der Waals surface area contributed by atoms with Gasteiger partial charge in [-0.15, -0.1) is 0 Å². The van der Waals surface area contributed by atoms with E-state index in [1.54, 1.807) is 6.07 Å². The highest BCUT2D eigenvalue weighted by Gasteiger charge is 2.16. The summed E-state index contributed by atoms with van der Waals surface area (Å²) in [7, 11) is 0. The molecule has 2 rings (SSSR count). The Hall–Kier alpha value is -2.41. The molecule has 0 aliphatic carbocycles. The van der Waals surface area contributed by atoms with Crippen molar-refractivity contribution in [3.63, 3.8) is 0 Å². The normalized spacial score (nSPS) is 10.2. The van der Waals surface area contributed by atoms with Gasteiger partial charge in [0.05, 0.1) is 11.5 Å². The van der Waals surface area contributed by atoms with Gasteiger partial charge in [0.2, 0.25) is 0 Å². The van der Waals surface area contributed by atoms with E-state index in [4.69, 9.17) is 11.6 Å². The molecule has 0 unspecified atom stereocenters. The number of nitrogens with one attached hydrogen (secondary N) is 1. The first-order chi connectivity index (χ1) is 9.08. The molecule has 0 bridgehead atoms. The van der Waals surface area contributed by atoms with Crippen LogP contribution in [-0.4, -0.2) is 16.0 Å². The standard InChI is InChI=1S/C11H8ClN3O4/c12-9-2-1-7(5-10(9)15(17)18)11(16)13-6-8-3-4-19-14-8/h1-5H,6H2,(H,13,16). The van der Waals surface area contributed by atoms with Crippen molar-refractivity contribution < 1.29 is 14.2 Å². The van der Waals surface area contributed by atoms with Gasteiger partial charge in [0.25, 0.3) is 11.6 Å². The third kappa shape index (κ3) is 3.08. The van der Waals surface area contributed by atoms with Crippen LogP contribution in [0.15, 0.2) is 35.1 Å². The number of aromatic nitrogens is 1. The van der Waals surface area contributed by atoms with Crippen molar-refractivity contribution in [2.24, 2.45) is 0 Å². The maximum atomic E-state index is 11.8. The molecule has 8 heteroatoms. The summed E-state index contributed by atoms with van der Waals surface area (Å²) in [6.07, 6.45) is 1.38. The number of halogens is 1. The number of carbonyl (C=O) groups is 1. The SMILES string of the molecule is O=C(NCc1ccon1)c1ccc(Cl)c([N+](=O)[O-])c1. The summed E-state index contributed by atoms with van der Waals surface area (Å²) in [5.74, 6) is -0.456. The van der Waals surface area contributed by atoms with Crippen LogP contribution in [0.4, 0.5) is 5.69 Å². The summed E-state index contributed by atoms with van der Waals surface area (Å²) in [6, 6.07) is 5.45. The predicted molar refractivity (Wildman–Crippen MR) is 65.8 cm³/mol. The Morgan fingerprint density at radius 2 is 2.26 bits per heavy atom. The fourth-order valence-corrected chi connectivity index (χ4v) is 1.58. The maximum absolute atomic E-state index is 11.8. The molecule has 1 heterocycles. The molecule has 7 nitrogen and oxygen atoms in total. The van der Waals surface area contributed by atoms with Crippen LogP contribution < -0.4 is 5.32 Å². The summed E-state index contributed by atoms with van der Waals surface area (Å²) < 4.78 is 4.61. The van der Waals surface area contributed by atoms with Crippen LogP contribution in [0.3, 0.4) is 0 Å². The van der Waals surface area contributed by atoms with Crippen molar-refractivity contribution in [1.29, 1.82) is 0 Å². The summed E-state index contributed by atoms with van der Waals surface area (Å²) in [5.41, 5.74) is 0.396. The lowest BCUT2D eigenvalue weighted by molar-refractivity contribution is -0.384. The maximum Gasteiger partial charge on any atom is 0.288 e. The molecule has 0 radical (unpaired) electrons. The third-order valence-corrected chi connectivity index (χ3v) is 2.65. The van der Waals surface area contributed by atoms with Gasteiger partial charge in [0.1, 0.15) is 17.0 Å². The molecule has 0 aliphatic heterocycles. The summed E-state index contributed by atoms with van der Waals surface area (Å²) in [5, 5.41) is 16.9. The Morgan fingerprint density at radius 1 is 1.47 bits per heavy atom. The minimum absolute atomic E-state index is 0.0157. The zero-order valence-electron chi connectivity index (χ0n) is 9.50. The molecule has 1 amide bonds. The largest absolute Gasteiger partial charge is 0.364 e. The molecule has 19 heavy (non-hydrogen) atoms. The van der Waals surface area contributed by atoms with E-state index in [1.165, 1.54) is 18.4 Å². The highest BCUT2D eigenvalue weighted by Crippen LogP contribution is 2.24. The molecule has 0 spiro atoms. The second kappa shape index (κ2) is 5.49. The zero-order chi connectivity index (χ0) is 13.8. The van der Waals surface area contributed by atoms with Crippen molar-refractivity contribution >= 4 is 23.2 Å². The number of hydrogen-bond acceptors (Lipinski definition) is 5. The van der Waals surface area contributed by atoms with Crippen LogP contribution in [-0.2, 0) is 6.54 Å². The molecule has 0 fully saturated rings. The van der Waals surface area contributed by atoms with Gasteiger partial charge in [-0.1, -0.05) is 16.8 Å². The van der Waals surface area contributed by atoms with Gasteiger partial charge in [-0.05, 0) is 12.1 Å². The van der Waals surface area contributed by atoms with E-state index >= 15 is 0 Å². The average Bonchev–Trinajstić information content (AvgIpc) is 2.89. The molecule has 0 saturated carbocycles. The van der Waals surface area contributed by atoms with E-state index in [0.29, 0.717) is 5.69 Å². The highest BCUT2D eigenvalue weighted by atomic mass is 35.5. The minimum atomic E-state index is -0.642. The molecule has 1 aromatic carbocycles. The van der Waals surface area contributed by atoms with Crippen molar-refractivity contribution in [3.8, 4) is 0 Å². The van der Waals surface area contributed by atoms with Crippen LogP contribution in [0.5, 0.6) is 0 Å². The van der Waals surface area contributed by atoms with Crippen molar-refractivity contribution in [1.82, 2.24) is 10.5 Å². The minimum Gasteiger partial charge on any atom is -0.364 e. The molecule has 1 aromatic heterocycles. The Balaban J connectivity index is 2.11. The van der Waals surface area contributed by atoms with Crippen molar-refractivity contribution in [3.05, 3.63) is 56.9 Å². The van der Waals surface area contributed by atoms with E-state index < -0.39 is 10.8 Å². The van der Waals surface area contributed by atoms with Gasteiger partial charge in [0.15, 0.2) is 0 Å². The zero-order valence-corrected chi connectivity index (χ0v) is 10.3. The van der Waals surface area contributed by atoms with Gasteiger partial charge in [0, 0.05) is 17.7 Å². The van der Waals surface area contributed by atoms with E-state index in [2.05, 4.69) is 15.0 Å². The number of benzene rings is 1. The molecular formula is C11H8ClN3O4. The summed E-state index contributed by atoms with van der Waals surface area (Å²) in [4.78, 5) is 21.9. The summed E-state index contributed by atoms with van der Waals surface area (Å²) in [6.45, 7) is 0.172. The number of carbonyl (C=O) groups excluding carboxylic acids is 1. The first-order valence-corrected chi connectivity index (χ1v) is 5.57. The molecule has 2 aromatic rings. The number of hydrogen-bond donors (Lipinski definition) is 1. The predicted octanol–water partition coefficient (Wildman–Crippen LogP) is 2.17. The van der Waals surface area contributed by atoms with E-state index in [1.807, 2.05) is 0 Å². The monoisotopic (exact) mass is 281 g/mol. The lowest BCUT2D eigenvalue weighted by Gasteiger charge is -2.03. The van der Waals surface area contributed by atoms with Crippen molar-refractivity contribution in [2.45, 2.75) is 6.54 Å². The van der Waals surface area contributed by atoms with Gasteiger partial charge in [-0.3, -0.25) is 14.9 Å². The summed E-state index contributed by atoms with van der Waals surface area (Å²) >= 11 is 5.66. The fraction of sp³-hybridized carbons (Fsp3) is 0.0909. The molecule has 1 N–H and O–H groups in total. The van der Waals surface area contributed by atoms with E-state index in [0.717, 1.165) is 6.07 Å². The Kier molecular flexibility index (Phi) is 3.76. The smallest absolute Gasteiger partial charge is 0.288 e. The Bertz CT molecular complexity index is 612. The first kappa shape index (κ1) is 13.0. The van der Waals surface area contributed by atoms with E-state index in [9.17, 15) is 14.9 Å². The molecule has 0 atom stereocenters. The van der Waals surface area contributed by atoms with Crippen LogP contribution in [0.2, 0.25) is 5.02 Å². The molecule has 98 valence electrons. The second-order valence-corrected chi connectivity index (χ2v) is 4.00.